The van der Waals surface area contributed by atoms with Gasteiger partial charge in [-0.3, -0.25) is 4.79 Å². The number of nitrogens with zero attached hydrogens (tertiary/aromatic N) is 2. The number of carboxylic acid groups (broad SMARTS) is 1. The van der Waals surface area contributed by atoms with E-state index in [1.165, 1.54) is 11.2 Å². The Balaban J connectivity index is 1.84. The second-order valence-corrected chi connectivity index (χ2v) is 6.42. The molecule has 106 valence electrons. The van der Waals surface area contributed by atoms with Gasteiger partial charge in [0.15, 0.2) is 0 Å². The monoisotopic (exact) mass is 291 g/mol. The minimum Gasteiger partial charge on any atom is -0.481 e. The van der Waals surface area contributed by atoms with Crippen molar-refractivity contribution < 1.29 is 9.90 Å². The second-order valence-electron chi connectivity index (χ2n) is 5.30. The molecule has 6 heteroatoms. The highest BCUT2D eigenvalue weighted by Crippen LogP contribution is 2.41. The first-order chi connectivity index (χ1) is 9.64. The summed E-state index contributed by atoms with van der Waals surface area (Å²) in [6.45, 7) is 2.55. The van der Waals surface area contributed by atoms with Crippen LogP contribution in [0.15, 0.2) is 12.4 Å². The molecule has 0 saturated heterocycles. The number of nitrogens with one attached hydrogen (secondary N) is 1. The Bertz CT molecular complexity index is 649. The van der Waals surface area contributed by atoms with E-state index in [2.05, 4.69) is 28.3 Å². The Hall–Kier alpha value is -1.69. The molecule has 0 spiro atoms. The molecule has 1 fully saturated rings. The fourth-order valence-corrected chi connectivity index (χ4v) is 3.48. The smallest absolute Gasteiger partial charge is 0.311 e. The van der Waals surface area contributed by atoms with Crippen LogP contribution in [0.5, 0.6) is 0 Å². The highest BCUT2D eigenvalue weighted by Gasteiger charge is 2.44. The van der Waals surface area contributed by atoms with E-state index in [0.717, 1.165) is 41.7 Å². The maximum atomic E-state index is 11.4. The summed E-state index contributed by atoms with van der Waals surface area (Å²) in [6.07, 6.45) is 4.99. The van der Waals surface area contributed by atoms with Crippen LogP contribution < -0.4 is 5.32 Å². The average Bonchev–Trinajstić information content (AvgIpc) is 2.80. The first kappa shape index (κ1) is 13.3. The average molecular weight is 291 g/mol. The topological polar surface area (TPSA) is 75.1 Å². The largest absolute Gasteiger partial charge is 0.481 e. The summed E-state index contributed by atoms with van der Waals surface area (Å²) in [7, 11) is 0. The first-order valence-electron chi connectivity index (χ1n) is 6.85. The zero-order valence-corrected chi connectivity index (χ0v) is 12.2. The van der Waals surface area contributed by atoms with Crippen molar-refractivity contribution in [2.75, 3.05) is 11.9 Å². The summed E-state index contributed by atoms with van der Waals surface area (Å²) in [6, 6.07) is 2.09. The predicted octanol–water partition coefficient (Wildman–Crippen LogP) is 2.92. The Labute approximate surface area is 121 Å². The third kappa shape index (κ3) is 2.14. The van der Waals surface area contributed by atoms with Crippen molar-refractivity contribution in [1.82, 2.24) is 9.97 Å². The lowest BCUT2D eigenvalue weighted by Crippen LogP contribution is -2.43. The molecule has 1 saturated carbocycles. The molecule has 0 unspecified atom stereocenters. The molecule has 0 amide bonds. The normalized spacial score (nSPS) is 16.9. The van der Waals surface area contributed by atoms with Crippen LogP contribution in [0.1, 0.15) is 31.1 Å². The van der Waals surface area contributed by atoms with E-state index in [0.29, 0.717) is 6.54 Å². The zero-order chi connectivity index (χ0) is 14.2. The number of thiophene rings is 1. The predicted molar refractivity (Wildman–Crippen MR) is 79.2 cm³/mol. The van der Waals surface area contributed by atoms with Gasteiger partial charge < -0.3 is 10.4 Å². The molecular weight excluding hydrogens is 274 g/mol. The maximum absolute atomic E-state index is 11.4. The molecule has 2 N–H and O–H groups in total. The van der Waals surface area contributed by atoms with Gasteiger partial charge in [-0.25, -0.2) is 9.97 Å². The van der Waals surface area contributed by atoms with E-state index in [9.17, 15) is 9.90 Å². The highest BCUT2D eigenvalue weighted by molar-refractivity contribution is 7.18. The summed E-state index contributed by atoms with van der Waals surface area (Å²) in [5.41, 5.74) is -0.610. The van der Waals surface area contributed by atoms with Gasteiger partial charge >= 0.3 is 5.97 Å². The minimum absolute atomic E-state index is 0.436. The van der Waals surface area contributed by atoms with Gasteiger partial charge in [0.2, 0.25) is 0 Å². The van der Waals surface area contributed by atoms with Gasteiger partial charge in [0.1, 0.15) is 17.0 Å². The van der Waals surface area contributed by atoms with E-state index in [-0.39, 0.29) is 0 Å². The van der Waals surface area contributed by atoms with E-state index in [4.69, 9.17) is 0 Å². The van der Waals surface area contributed by atoms with E-state index >= 15 is 0 Å². The van der Waals surface area contributed by atoms with E-state index in [1.54, 1.807) is 11.3 Å². The third-order valence-electron chi connectivity index (χ3n) is 4.09. The van der Waals surface area contributed by atoms with Crippen LogP contribution in [0.2, 0.25) is 0 Å². The molecular formula is C14H17N3O2S. The number of aryl methyl sites for hydroxylation is 1. The van der Waals surface area contributed by atoms with Crippen molar-refractivity contribution in [1.29, 1.82) is 0 Å². The Morgan fingerprint density at radius 1 is 1.50 bits per heavy atom. The lowest BCUT2D eigenvalue weighted by Gasteiger charge is -2.37. The number of carboxylic acids is 1. The Morgan fingerprint density at radius 3 is 2.90 bits per heavy atom. The quantitative estimate of drug-likeness (QED) is 0.886. The van der Waals surface area contributed by atoms with Gasteiger partial charge in [0.05, 0.1) is 10.8 Å². The SMILES string of the molecule is CCc1cc2c(NCC3(C(=O)O)CCC3)ncnc2s1. The standard InChI is InChI=1S/C14H17N3O2S/c1-2-9-6-10-11(16-8-17-12(10)20-9)15-7-14(13(18)19)4-3-5-14/h6,8H,2-5,7H2,1H3,(H,18,19)(H,15,16,17). The van der Waals surface area contributed by atoms with Gasteiger partial charge in [-0.1, -0.05) is 13.3 Å². The fourth-order valence-electron chi connectivity index (χ4n) is 2.54. The van der Waals surface area contributed by atoms with Crippen molar-refractivity contribution in [3.05, 3.63) is 17.3 Å². The van der Waals surface area contributed by atoms with Crippen molar-refractivity contribution in [2.45, 2.75) is 32.6 Å². The van der Waals surface area contributed by atoms with Crippen LogP contribution in [0.3, 0.4) is 0 Å². The third-order valence-corrected chi connectivity index (χ3v) is 5.27. The summed E-state index contributed by atoms with van der Waals surface area (Å²) < 4.78 is 0. The molecule has 1 aliphatic carbocycles. The van der Waals surface area contributed by atoms with Crippen LogP contribution in [0.25, 0.3) is 10.2 Å². The number of rotatable bonds is 5. The number of aromatic nitrogens is 2. The molecule has 0 aliphatic heterocycles. The zero-order valence-electron chi connectivity index (χ0n) is 11.3. The fraction of sp³-hybridized carbons (Fsp3) is 0.500. The van der Waals surface area contributed by atoms with Gasteiger partial charge in [0.25, 0.3) is 0 Å². The number of anilines is 1. The minimum atomic E-state index is -0.707. The maximum Gasteiger partial charge on any atom is 0.311 e. The molecule has 3 rings (SSSR count). The van der Waals surface area contributed by atoms with Crippen LogP contribution in [-0.4, -0.2) is 27.6 Å². The van der Waals surface area contributed by atoms with Crippen molar-refractivity contribution >= 4 is 33.3 Å². The van der Waals surface area contributed by atoms with Crippen LogP contribution in [-0.2, 0) is 11.2 Å². The van der Waals surface area contributed by atoms with Crippen LogP contribution >= 0.6 is 11.3 Å². The Kier molecular flexibility index (Phi) is 3.33. The lowest BCUT2D eigenvalue weighted by molar-refractivity contribution is -0.153. The molecule has 0 bridgehead atoms. The number of hydrogen-bond donors (Lipinski definition) is 2. The molecule has 0 atom stereocenters. The number of hydrogen-bond acceptors (Lipinski definition) is 5. The van der Waals surface area contributed by atoms with Crippen LogP contribution in [0, 0.1) is 5.41 Å². The summed E-state index contributed by atoms with van der Waals surface area (Å²) in [4.78, 5) is 22.1. The Morgan fingerprint density at radius 2 is 2.30 bits per heavy atom. The second kappa shape index (κ2) is 5.01. The van der Waals surface area contributed by atoms with Crippen LogP contribution in [0.4, 0.5) is 5.82 Å². The highest BCUT2D eigenvalue weighted by atomic mass is 32.1. The molecule has 0 radical (unpaired) electrons. The molecule has 2 aromatic rings. The molecule has 2 aromatic heterocycles. The van der Waals surface area contributed by atoms with E-state index in [1.807, 2.05) is 0 Å². The summed E-state index contributed by atoms with van der Waals surface area (Å²) in [5, 5.41) is 13.6. The van der Waals surface area contributed by atoms with Crippen molar-refractivity contribution in [2.24, 2.45) is 5.41 Å². The van der Waals surface area contributed by atoms with Gasteiger partial charge in [-0.05, 0) is 25.3 Å². The first-order valence-corrected chi connectivity index (χ1v) is 7.67. The molecule has 1 aliphatic rings. The van der Waals surface area contributed by atoms with Gasteiger partial charge in [0, 0.05) is 11.4 Å². The van der Waals surface area contributed by atoms with Gasteiger partial charge in [-0.15, -0.1) is 11.3 Å². The number of fused-ring (bicyclic) bond motifs is 1. The van der Waals surface area contributed by atoms with Crippen molar-refractivity contribution in [3.8, 4) is 0 Å². The summed E-state index contributed by atoms with van der Waals surface area (Å²) >= 11 is 1.66. The van der Waals surface area contributed by atoms with E-state index < -0.39 is 11.4 Å². The number of aliphatic carboxylic acids is 1. The molecule has 2 heterocycles. The summed E-state index contributed by atoms with van der Waals surface area (Å²) in [5.74, 6) is 0.0413. The molecule has 20 heavy (non-hydrogen) atoms. The number of carbonyl (C=O) groups is 1. The molecule has 0 aromatic carbocycles. The lowest BCUT2D eigenvalue weighted by atomic mass is 9.69. The van der Waals surface area contributed by atoms with Crippen molar-refractivity contribution in [3.63, 3.8) is 0 Å². The molecule has 5 nitrogen and oxygen atoms in total. The van der Waals surface area contributed by atoms with Gasteiger partial charge in [-0.2, -0.15) is 0 Å².